The molecule has 2 aliphatic heterocycles. The Morgan fingerprint density at radius 3 is 3.03 bits per heavy atom. The molecule has 2 aromatic heterocycles. The quantitative estimate of drug-likeness (QED) is 0.566. The number of benzene rings is 1. The Morgan fingerprint density at radius 1 is 1.24 bits per heavy atom. The second-order valence-electron chi connectivity index (χ2n) is 10.4. The van der Waals surface area contributed by atoms with Crippen LogP contribution in [0.1, 0.15) is 61.0 Å². The van der Waals surface area contributed by atoms with Gasteiger partial charge in [0.15, 0.2) is 5.65 Å². The van der Waals surface area contributed by atoms with Gasteiger partial charge in [0.2, 0.25) is 0 Å². The Balaban J connectivity index is 1.44. The van der Waals surface area contributed by atoms with Crippen molar-refractivity contribution in [2.45, 2.75) is 57.2 Å². The lowest BCUT2D eigenvalue weighted by molar-refractivity contribution is 0.0795. The molecule has 0 spiro atoms. The average Bonchev–Trinajstić information content (AvgIpc) is 3.15. The maximum Gasteiger partial charge on any atom is 0.257 e. The van der Waals surface area contributed by atoms with Gasteiger partial charge >= 0.3 is 0 Å². The van der Waals surface area contributed by atoms with Crippen LogP contribution in [-0.4, -0.2) is 39.2 Å². The van der Waals surface area contributed by atoms with Crippen molar-refractivity contribution in [2.24, 2.45) is 11.3 Å². The first kappa shape index (κ1) is 19.3. The predicted molar refractivity (Wildman–Crippen MR) is 120 cm³/mol. The number of nitrogens with one attached hydrogen (secondary N) is 1. The molecule has 4 aliphatic rings. The van der Waals surface area contributed by atoms with Crippen LogP contribution in [0.25, 0.3) is 5.65 Å². The minimum Gasteiger partial charge on any atom is -0.488 e. The van der Waals surface area contributed by atoms with Gasteiger partial charge in [-0.3, -0.25) is 4.79 Å². The Kier molecular flexibility index (Phi) is 3.91. The third-order valence-electron chi connectivity index (χ3n) is 8.15. The van der Waals surface area contributed by atoms with Gasteiger partial charge in [0.1, 0.15) is 29.1 Å². The van der Waals surface area contributed by atoms with Crippen molar-refractivity contribution in [3.8, 4) is 5.75 Å². The number of rotatable bonds is 0. The number of carbonyl (C=O) groups excluding carboxylic acids is 1. The van der Waals surface area contributed by atoms with Crippen LogP contribution in [0.4, 0.5) is 10.2 Å². The fraction of sp³-hybridized carbons (Fsp3) is 0.480. The topological polar surface area (TPSA) is 71.8 Å². The van der Waals surface area contributed by atoms with Crippen molar-refractivity contribution in [1.82, 2.24) is 19.9 Å². The molecule has 1 N–H and O–H groups in total. The molecule has 33 heavy (non-hydrogen) atoms. The minimum atomic E-state index is -0.258. The average molecular weight is 448 g/mol. The van der Waals surface area contributed by atoms with Gasteiger partial charge in [-0.25, -0.2) is 13.9 Å². The molecule has 8 heteroatoms. The van der Waals surface area contributed by atoms with E-state index in [0.717, 1.165) is 55.8 Å². The van der Waals surface area contributed by atoms with E-state index in [-0.39, 0.29) is 35.3 Å². The number of hydrogen-bond acceptors (Lipinski definition) is 5. The summed E-state index contributed by atoms with van der Waals surface area (Å²) >= 11 is 0. The number of carbonyl (C=O) groups is 1. The molecule has 1 aromatic carbocycles. The molecule has 3 aromatic rings. The Morgan fingerprint density at radius 2 is 2.12 bits per heavy atom. The van der Waals surface area contributed by atoms with Gasteiger partial charge in [0, 0.05) is 18.3 Å². The highest BCUT2D eigenvalue weighted by molar-refractivity contribution is 6.00. The summed E-state index contributed by atoms with van der Waals surface area (Å²) in [6.07, 6.45) is 8.17. The molecule has 1 unspecified atom stereocenters. The van der Waals surface area contributed by atoms with Crippen LogP contribution in [0.15, 0.2) is 36.7 Å². The SMILES string of the molecule is CC12C[C@H]1[C@@H]1c3cc(F)ccc3O[C@H]3CCCC[C@H]3NC(=O)c3cnn4ccc(nc34)N1C2. The molecule has 0 radical (unpaired) electrons. The summed E-state index contributed by atoms with van der Waals surface area (Å²) in [5.74, 6) is 1.47. The number of anilines is 1. The highest BCUT2D eigenvalue weighted by atomic mass is 19.1. The summed E-state index contributed by atoms with van der Waals surface area (Å²) in [7, 11) is 0. The van der Waals surface area contributed by atoms with Crippen molar-refractivity contribution in [3.63, 3.8) is 0 Å². The van der Waals surface area contributed by atoms with Gasteiger partial charge in [-0.2, -0.15) is 5.10 Å². The maximum atomic E-state index is 14.6. The summed E-state index contributed by atoms with van der Waals surface area (Å²) in [4.78, 5) is 20.4. The van der Waals surface area contributed by atoms with Crippen molar-refractivity contribution >= 4 is 17.4 Å². The molecule has 2 aliphatic carbocycles. The number of halogens is 1. The third-order valence-corrected chi connectivity index (χ3v) is 8.15. The molecule has 170 valence electrons. The lowest BCUT2D eigenvalue weighted by Gasteiger charge is -2.34. The molecule has 3 fully saturated rings. The Labute approximate surface area is 190 Å². The van der Waals surface area contributed by atoms with E-state index in [0.29, 0.717) is 17.1 Å². The van der Waals surface area contributed by atoms with Crippen LogP contribution < -0.4 is 15.0 Å². The number of aromatic nitrogens is 3. The van der Waals surface area contributed by atoms with Gasteiger partial charge in [0.25, 0.3) is 5.91 Å². The number of nitrogens with zero attached hydrogens (tertiary/aromatic N) is 4. The van der Waals surface area contributed by atoms with E-state index in [1.54, 1.807) is 22.8 Å². The van der Waals surface area contributed by atoms with Crippen LogP contribution in [0, 0.1) is 17.2 Å². The number of ether oxygens (including phenoxy) is 1. The number of hydrogen-bond donors (Lipinski definition) is 1. The van der Waals surface area contributed by atoms with Crippen LogP contribution in [0.3, 0.4) is 0 Å². The molecule has 5 atom stereocenters. The van der Waals surface area contributed by atoms with E-state index < -0.39 is 0 Å². The number of amides is 1. The van der Waals surface area contributed by atoms with E-state index in [9.17, 15) is 9.18 Å². The highest BCUT2D eigenvalue weighted by Gasteiger charge is 2.63. The molecule has 4 heterocycles. The zero-order valence-electron chi connectivity index (χ0n) is 18.5. The monoisotopic (exact) mass is 447 g/mol. The van der Waals surface area contributed by atoms with Gasteiger partial charge in [0.05, 0.1) is 18.3 Å². The summed E-state index contributed by atoms with van der Waals surface area (Å²) in [5, 5.41) is 7.53. The van der Waals surface area contributed by atoms with E-state index in [2.05, 4.69) is 22.2 Å². The number of fused-ring (bicyclic) bond motifs is 8. The predicted octanol–water partition coefficient (Wildman–Crippen LogP) is 3.89. The first-order valence-electron chi connectivity index (χ1n) is 11.9. The van der Waals surface area contributed by atoms with Crippen LogP contribution in [0.5, 0.6) is 5.75 Å². The smallest absolute Gasteiger partial charge is 0.257 e. The second-order valence-corrected chi connectivity index (χ2v) is 10.4. The molecular formula is C25H26FN5O2. The molecule has 7 rings (SSSR count). The summed E-state index contributed by atoms with van der Waals surface area (Å²) in [6, 6.07) is 6.67. The molecular weight excluding hydrogens is 421 g/mol. The van der Waals surface area contributed by atoms with Crippen molar-refractivity contribution in [1.29, 1.82) is 0 Å². The fourth-order valence-corrected chi connectivity index (χ4v) is 6.28. The standard InChI is InChI=1S/C25H26FN5O2/c1-25-11-17(25)22-15-10-14(26)6-7-19(15)33-20-5-3-2-4-18(20)28-24(32)16-12-27-31-9-8-21(29-23(16)31)30(22)13-25/h6-10,12,17-18,20,22H,2-5,11,13H2,1H3,(H,28,32)/t17-,18+,20-,22-,25?/m0/s1. The second kappa shape index (κ2) is 6.68. The van der Waals surface area contributed by atoms with Crippen LogP contribution in [-0.2, 0) is 0 Å². The first-order valence-corrected chi connectivity index (χ1v) is 11.9. The van der Waals surface area contributed by atoms with Crippen LogP contribution in [0.2, 0.25) is 0 Å². The third kappa shape index (κ3) is 2.89. The lowest BCUT2D eigenvalue weighted by Crippen LogP contribution is -2.47. The van der Waals surface area contributed by atoms with Crippen molar-refractivity contribution < 1.29 is 13.9 Å². The zero-order valence-corrected chi connectivity index (χ0v) is 18.5. The fourth-order valence-electron chi connectivity index (χ4n) is 6.28. The van der Waals surface area contributed by atoms with Gasteiger partial charge in [-0.15, -0.1) is 0 Å². The summed E-state index contributed by atoms with van der Waals surface area (Å²) in [5.41, 5.74) is 2.07. The van der Waals surface area contributed by atoms with Crippen molar-refractivity contribution in [2.75, 3.05) is 11.4 Å². The van der Waals surface area contributed by atoms with Crippen LogP contribution >= 0.6 is 0 Å². The van der Waals surface area contributed by atoms with E-state index >= 15 is 0 Å². The van der Waals surface area contributed by atoms with Gasteiger partial charge in [-0.05, 0) is 61.3 Å². The lowest BCUT2D eigenvalue weighted by atomic mass is 9.91. The van der Waals surface area contributed by atoms with Gasteiger partial charge < -0.3 is 15.0 Å². The van der Waals surface area contributed by atoms with E-state index in [4.69, 9.17) is 9.72 Å². The number of piperidine rings is 1. The summed E-state index contributed by atoms with van der Waals surface area (Å²) < 4.78 is 22.8. The molecule has 1 saturated heterocycles. The normalized spacial score (nSPS) is 32.4. The largest absolute Gasteiger partial charge is 0.488 e. The molecule has 7 nitrogen and oxygen atoms in total. The van der Waals surface area contributed by atoms with Gasteiger partial charge in [-0.1, -0.05) is 13.3 Å². The Bertz CT molecular complexity index is 1290. The maximum absolute atomic E-state index is 14.6. The first-order chi connectivity index (χ1) is 16.0. The van der Waals surface area contributed by atoms with E-state index in [1.165, 1.54) is 6.07 Å². The minimum absolute atomic E-state index is 0.0199. The Hall–Kier alpha value is -3.16. The molecule has 2 bridgehead atoms. The summed E-state index contributed by atoms with van der Waals surface area (Å²) in [6.45, 7) is 3.13. The highest BCUT2D eigenvalue weighted by Crippen LogP contribution is 2.66. The molecule has 1 amide bonds. The van der Waals surface area contributed by atoms with Crippen molar-refractivity contribution in [3.05, 3.63) is 53.6 Å². The molecule has 2 saturated carbocycles. The van der Waals surface area contributed by atoms with E-state index in [1.807, 2.05) is 12.3 Å². The zero-order chi connectivity index (χ0) is 22.3.